The maximum atomic E-state index is 11.2. The van der Waals surface area contributed by atoms with Crippen molar-refractivity contribution in [1.29, 1.82) is 0 Å². The highest BCUT2D eigenvalue weighted by atomic mass is 32.2. The number of thioether (sulfide) groups is 1. The zero-order valence-electron chi connectivity index (χ0n) is 9.03. The molecule has 0 aliphatic rings. The number of hydrogen-bond acceptors (Lipinski definition) is 3. The number of carbonyl (C=O) groups excluding carboxylic acids is 1. The van der Waals surface area contributed by atoms with Crippen molar-refractivity contribution in [3.8, 4) is 0 Å². The van der Waals surface area contributed by atoms with Crippen LogP contribution in [0.1, 0.15) is 13.8 Å². The first-order chi connectivity index (χ1) is 6.99. The summed E-state index contributed by atoms with van der Waals surface area (Å²) in [7, 11) is 0. The number of aliphatic carboxylic acids is 1. The number of carboxylic acids is 1. The van der Waals surface area contributed by atoms with E-state index in [-0.39, 0.29) is 17.6 Å². The van der Waals surface area contributed by atoms with Crippen molar-refractivity contribution in [2.75, 3.05) is 12.3 Å². The van der Waals surface area contributed by atoms with Crippen LogP contribution in [0.25, 0.3) is 0 Å². The zero-order chi connectivity index (χ0) is 11.8. The fourth-order valence-electron chi connectivity index (χ4n) is 0.951. The van der Waals surface area contributed by atoms with Crippen molar-refractivity contribution in [2.24, 2.45) is 5.92 Å². The number of rotatable bonds is 7. The summed E-state index contributed by atoms with van der Waals surface area (Å²) in [6, 6.07) is 0. The predicted molar refractivity (Wildman–Crippen MR) is 61.9 cm³/mol. The Morgan fingerprint density at radius 1 is 1.53 bits per heavy atom. The highest BCUT2D eigenvalue weighted by Gasteiger charge is 2.22. The van der Waals surface area contributed by atoms with Gasteiger partial charge < -0.3 is 10.4 Å². The van der Waals surface area contributed by atoms with E-state index in [0.29, 0.717) is 6.54 Å². The van der Waals surface area contributed by atoms with Crippen molar-refractivity contribution in [3.63, 3.8) is 0 Å². The lowest BCUT2D eigenvalue weighted by Gasteiger charge is -2.14. The lowest BCUT2D eigenvalue weighted by Crippen LogP contribution is -2.29. The molecule has 86 valence electrons. The van der Waals surface area contributed by atoms with E-state index in [1.807, 2.05) is 13.8 Å². The minimum absolute atomic E-state index is 0.0136. The first kappa shape index (κ1) is 14.0. The molecular weight excluding hydrogens is 214 g/mol. The number of nitrogens with one attached hydrogen (secondary N) is 1. The molecule has 0 saturated carbocycles. The Morgan fingerprint density at radius 2 is 2.13 bits per heavy atom. The molecule has 1 unspecified atom stereocenters. The first-order valence-corrected chi connectivity index (χ1v) is 5.76. The van der Waals surface area contributed by atoms with Crippen LogP contribution in [-0.4, -0.2) is 34.5 Å². The van der Waals surface area contributed by atoms with Gasteiger partial charge in [0.15, 0.2) is 0 Å². The van der Waals surface area contributed by atoms with Gasteiger partial charge in [-0.05, 0) is 5.92 Å². The summed E-state index contributed by atoms with van der Waals surface area (Å²) >= 11 is 1.15. The van der Waals surface area contributed by atoms with Crippen LogP contribution in [0.3, 0.4) is 0 Å². The van der Waals surface area contributed by atoms with E-state index in [1.165, 1.54) is 0 Å². The van der Waals surface area contributed by atoms with Gasteiger partial charge >= 0.3 is 5.97 Å². The fourth-order valence-corrected chi connectivity index (χ4v) is 1.91. The molecule has 0 fully saturated rings. The average molecular weight is 231 g/mol. The molecule has 0 rings (SSSR count). The minimum atomic E-state index is -0.869. The third kappa shape index (κ3) is 6.17. The molecule has 0 spiro atoms. The van der Waals surface area contributed by atoms with Crippen molar-refractivity contribution >= 4 is 23.6 Å². The van der Waals surface area contributed by atoms with E-state index < -0.39 is 11.2 Å². The molecular formula is C10H17NO3S. The van der Waals surface area contributed by atoms with E-state index in [0.717, 1.165) is 11.8 Å². The van der Waals surface area contributed by atoms with Gasteiger partial charge in [0.1, 0.15) is 5.25 Å². The summed E-state index contributed by atoms with van der Waals surface area (Å²) in [6.45, 7) is 7.54. The Balaban J connectivity index is 3.94. The van der Waals surface area contributed by atoms with Crippen LogP contribution < -0.4 is 5.32 Å². The molecule has 15 heavy (non-hydrogen) atoms. The Kier molecular flexibility index (Phi) is 6.86. The number of hydrogen-bond donors (Lipinski definition) is 2. The van der Waals surface area contributed by atoms with Gasteiger partial charge in [0, 0.05) is 6.54 Å². The third-order valence-corrected chi connectivity index (χ3v) is 3.22. The first-order valence-electron chi connectivity index (χ1n) is 4.71. The monoisotopic (exact) mass is 231 g/mol. The van der Waals surface area contributed by atoms with Gasteiger partial charge in [-0.1, -0.05) is 19.9 Å². The third-order valence-electron chi connectivity index (χ3n) is 1.69. The molecule has 0 aromatic heterocycles. The van der Waals surface area contributed by atoms with Crippen molar-refractivity contribution in [3.05, 3.63) is 12.7 Å². The van der Waals surface area contributed by atoms with Gasteiger partial charge in [0.25, 0.3) is 0 Å². The largest absolute Gasteiger partial charge is 0.480 e. The van der Waals surface area contributed by atoms with Gasteiger partial charge in [0.2, 0.25) is 5.91 Å². The van der Waals surface area contributed by atoms with Crippen molar-refractivity contribution < 1.29 is 14.7 Å². The smallest absolute Gasteiger partial charge is 0.316 e. The summed E-state index contributed by atoms with van der Waals surface area (Å²) in [5.74, 6) is -0.846. The molecule has 0 aliphatic carbocycles. The highest BCUT2D eigenvalue weighted by Crippen LogP contribution is 2.19. The molecule has 5 heteroatoms. The van der Waals surface area contributed by atoms with Crippen LogP contribution in [0.4, 0.5) is 0 Å². The lowest BCUT2D eigenvalue weighted by molar-refractivity contribution is -0.137. The fraction of sp³-hybridized carbons (Fsp3) is 0.600. The van der Waals surface area contributed by atoms with Gasteiger partial charge in [-0.3, -0.25) is 9.59 Å². The second-order valence-electron chi connectivity index (χ2n) is 3.41. The number of carboxylic acid groups (broad SMARTS) is 1. The van der Waals surface area contributed by atoms with E-state index in [2.05, 4.69) is 11.9 Å². The summed E-state index contributed by atoms with van der Waals surface area (Å²) in [5, 5.41) is 10.9. The Labute approximate surface area is 94.1 Å². The van der Waals surface area contributed by atoms with Gasteiger partial charge in [-0.2, -0.15) is 0 Å². The van der Waals surface area contributed by atoms with E-state index in [9.17, 15) is 9.59 Å². The maximum Gasteiger partial charge on any atom is 0.316 e. The van der Waals surface area contributed by atoms with Gasteiger partial charge in [-0.25, -0.2) is 0 Å². The number of carbonyl (C=O) groups is 2. The molecule has 0 aromatic carbocycles. The molecule has 4 nitrogen and oxygen atoms in total. The molecule has 0 radical (unpaired) electrons. The van der Waals surface area contributed by atoms with E-state index >= 15 is 0 Å². The SMILES string of the molecule is C=CCNC(=O)CSC(C(=O)O)C(C)C. The van der Waals surface area contributed by atoms with Gasteiger partial charge in [-0.15, -0.1) is 18.3 Å². The second-order valence-corrected chi connectivity index (χ2v) is 4.54. The lowest BCUT2D eigenvalue weighted by atomic mass is 10.1. The summed E-state index contributed by atoms with van der Waals surface area (Å²) < 4.78 is 0. The van der Waals surface area contributed by atoms with E-state index in [4.69, 9.17) is 5.11 Å². The molecule has 0 bridgehead atoms. The summed E-state index contributed by atoms with van der Waals surface area (Å²) in [5.41, 5.74) is 0. The zero-order valence-corrected chi connectivity index (χ0v) is 9.84. The summed E-state index contributed by atoms with van der Waals surface area (Å²) in [4.78, 5) is 22.0. The molecule has 0 aliphatic heterocycles. The van der Waals surface area contributed by atoms with Crippen LogP contribution >= 0.6 is 11.8 Å². The Morgan fingerprint density at radius 3 is 2.53 bits per heavy atom. The normalized spacial score (nSPS) is 12.2. The maximum absolute atomic E-state index is 11.2. The molecule has 0 heterocycles. The topological polar surface area (TPSA) is 66.4 Å². The second kappa shape index (κ2) is 7.34. The van der Waals surface area contributed by atoms with Gasteiger partial charge in [0.05, 0.1) is 5.75 Å². The van der Waals surface area contributed by atoms with Crippen LogP contribution in [-0.2, 0) is 9.59 Å². The summed E-state index contributed by atoms with van der Waals surface area (Å²) in [6.07, 6.45) is 1.58. The number of amides is 1. The molecule has 0 saturated heterocycles. The molecule has 1 atom stereocenters. The predicted octanol–water partition coefficient (Wildman–Crippen LogP) is 1.13. The van der Waals surface area contributed by atoms with Crippen LogP contribution in [0.15, 0.2) is 12.7 Å². The Bertz CT molecular complexity index is 241. The highest BCUT2D eigenvalue weighted by molar-refractivity contribution is 8.01. The van der Waals surface area contributed by atoms with Crippen LogP contribution in [0.5, 0.6) is 0 Å². The van der Waals surface area contributed by atoms with Crippen LogP contribution in [0.2, 0.25) is 0 Å². The minimum Gasteiger partial charge on any atom is -0.480 e. The van der Waals surface area contributed by atoms with Crippen LogP contribution in [0, 0.1) is 5.92 Å². The molecule has 2 N–H and O–H groups in total. The average Bonchev–Trinajstić information content (AvgIpc) is 2.13. The molecule has 1 amide bonds. The Hall–Kier alpha value is -0.970. The quantitative estimate of drug-likeness (QED) is 0.645. The van der Waals surface area contributed by atoms with Crippen molar-refractivity contribution in [2.45, 2.75) is 19.1 Å². The standard InChI is InChI=1S/C10H17NO3S/c1-4-5-11-8(12)6-15-9(7(2)3)10(13)14/h4,7,9H,1,5-6H2,2-3H3,(H,11,12)(H,13,14). The van der Waals surface area contributed by atoms with Crippen molar-refractivity contribution in [1.82, 2.24) is 5.32 Å². The van der Waals surface area contributed by atoms with E-state index in [1.54, 1.807) is 6.08 Å². The molecule has 0 aromatic rings.